The van der Waals surface area contributed by atoms with Gasteiger partial charge in [-0.1, -0.05) is 35.9 Å². The molecule has 0 aliphatic rings. The molecule has 4 rings (SSSR count). The maximum absolute atomic E-state index is 12.9. The van der Waals surface area contributed by atoms with E-state index in [-0.39, 0.29) is 5.91 Å². The molecule has 1 aromatic heterocycles. The van der Waals surface area contributed by atoms with Crippen molar-refractivity contribution in [3.8, 4) is 0 Å². The van der Waals surface area contributed by atoms with Gasteiger partial charge in [-0.15, -0.1) is 23.2 Å². The molecule has 0 aliphatic carbocycles. The molecule has 0 atom stereocenters. The highest BCUT2D eigenvalue weighted by Crippen LogP contribution is 2.26. The first kappa shape index (κ1) is 26.7. The lowest BCUT2D eigenvalue weighted by Gasteiger charge is -2.22. The minimum Gasteiger partial charge on any atom is -0.369 e. The van der Waals surface area contributed by atoms with Crippen LogP contribution in [-0.2, 0) is 0 Å². The van der Waals surface area contributed by atoms with E-state index in [0.717, 1.165) is 27.7 Å². The Morgan fingerprint density at radius 1 is 1.00 bits per heavy atom. The summed E-state index contributed by atoms with van der Waals surface area (Å²) < 4.78 is 0. The van der Waals surface area contributed by atoms with Crippen molar-refractivity contribution in [1.29, 1.82) is 0 Å². The summed E-state index contributed by atoms with van der Waals surface area (Å²) >= 11 is 17.9. The fraction of sp³-hybridized carbons (Fsp3) is 0.179. The number of carbonyl (C=O) groups is 1. The zero-order chi connectivity index (χ0) is 26.2. The molecule has 0 aliphatic heterocycles. The number of hydrogen-bond donors (Lipinski definition) is 2. The zero-order valence-electron chi connectivity index (χ0n) is 20.2. The molecule has 0 radical (unpaired) electrons. The van der Waals surface area contributed by atoms with Crippen LogP contribution in [0.4, 0.5) is 17.2 Å². The maximum Gasteiger partial charge on any atom is 0.273 e. The van der Waals surface area contributed by atoms with Crippen LogP contribution < -0.4 is 15.6 Å². The fourth-order valence-electron chi connectivity index (χ4n) is 3.93. The second-order valence-electron chi connectivity index (χ2n) is 8.31. The minimum absolute atomic E-state index is 0.337. The summed E-state index contributed by atoms with van der Waals surface area (Å²) in [6.07, 6.45) is 1.60. The van der Waals surface area contributed by atoms with Gasteiger partial charge in [0.25, 0.3) is 5.91 Å². The Balaban J connectivity index is 1.45. The number of fused-ring (bicyclic) bond motifs is 1. The number of aromatic nitrogens is 1. The number of hydrazone groups is 1. The smallest absolute Gasteiger partial charge is 0.273 e. The number of nitrogens with one attached hydrogen (secondary N) is 2. The van der Waals surface area contributed by atoms with E-state index in [2.05, 4.69) is 25.7 Å². The molecule has 9 heteroatoms. The average Bonchev–Trinajstić information content (AvgIpc) is 2.90. The Hall–Kier alpha value is -3.32. The number of anilines is 3. The first-order valence-corrected chi connectivity index (χ1v) is 13.2. The van der Waals surface area contributed by atoms with Crippen LogP contribution in [0.5, 0.6) is 0 Å². The molecule has 1 heterocycles. The summed E-state index contributed by atoms with van der Waals surface area (Å²) in [6, 6.07) is 22.5. The van der Waals surface area contributed by atoms with Gasteiger partial charge in [-0.05, 0) is 66.6 Å². The van der Waals surface area contributed by atoms with Crippen molar-refractivity contribution in [3.05, 3.63) is 94.5 Å². The average molecular weight is 555 g/mol. The van der Waals surface area contributed by atoms with E-state index in [1.165, 1.54) is 0 Å². The topological polar surface area (TPSA) is 69.6 Å². The summed E-state index contributed by atoms with van der Waals surface area (Å²) in [7, 11) is 0. The largest absolute Gasteiger partial charge is 0.369 e. The van der Waals surface area contributed by atoms with Crippen LogP contribution >= 0.6 is 34.8 Å². The number of halogens is 3. The van der Waals surface area contributed by atoms with Crippen molar-refractivity contribution in [2.24, 2.45) is 5.10 Å². The Labute approximate surface area is 231 Å². The molecule has 0 spiro atoms. The molecule has 0 saturated carbocycles. The van der Waals surface area contributed by atoms with Gasteiger partial charge in [0.05, 0.1) is 23.0 Å². The number of alkyl halides is 2. The van der Waals surface area contributed by atoms with E-state index >= 15 is 0 Å². The van der Waals surface area contributed by atoms with E-state index in [1.54, 1.807) is 18.3 Å². The molecule has 2 N–H and O–H groups in total. The van der Waals surface area contributed by atoms with Gasteiger partial charge in [0.15, 0.2) is 0 Å². The highest BCUT2D eigenvalue weighted by atomic mass is 35.5. The SMILES string of the molecule is Cc1cc(Nc2ccccc2C(=O)N/N=C/c2ccc(N(CCCl)CCCl)cc2)nc2ccc(Cl)cc12. The predicted molar refractivity (Wildman–Crippen MR) is 156 cm³/mol. The van der Waals surface area contributed by atoms with Gasteiger partial charge in [0, 0.05) is 40.9 Å². The van der Waals surface area contributed by atoms with E-state index < -0.39 is 0 Å². The summed E-state index contributed by atoms with van der Waals surface area (Å²) in [5.74, 6) is 1.34. The first-order valence-electron chi connectivity index (χ1n) is 11.7. The summed E-state index contributed by atoms with van der Waals surface area (Å²) in [5, 5.41) is 9.05. The van der Waals surface area contributed by atoms with Crippen LogP contribution in [0.25, 0.3) is 10.9 Å². The molecule has 3 aromatic carbocycles. The Bertz CT molecular complexity index is 1400. The summed E-state index contributed by atoms with van der Waals surface area (Å²) in [4.78, 5) is 19.7. The number of para-hydroxylation sites is 1. The second kappa shape index (κ2) is 12.8. The third kappa shape index (κ3) is 6.92. The van der Waals surface area contributed by atoms with Crippen LogP contribution in [0.1, 0.15) is 21.5 Å². The van der Waals surface area contributed by atoms with Crippen LogP contribution in [-0.4, -0.2) is 42.0 Å². The number of carbonyl (C=O) groups excluding carboxylic acids is 1. The molecule has 0 saturated heterocycles. The second-order valence-corrected chi connectivity index (χ2v) is 9.50. The van der Waals surface area contributed by atoms with Crippen LogP contribution in [0.2, 0.25) is 5.02 Å². The van der Waals surface area contributed by atoms with Gasteiger partial charge in [0.2, 0.25) is 0 Å². The van der Waals surface area contributed by atoms with Crippen molar-refractivity contribution in [2.75, 3.05) is 35.1 Å². The quantitative estimate of drug-likeness (QED) is 0.126. The molecule has 4 aromatic rings. The molecule has 6 nitrogen and oxygen atoms in total. The number of rotatable bonds is 10. The Morgan fingerprint density at radius 3 is 2.46 bits per heavy atom. The summed E-state index contributed by atoms with van der Waals surface area (Å²) in [6.45, 7) is 3.43. The molecule has 1 amide bonds. The number of nitrogens with zero attached hydrogens (tertiary/aromatic N) is 3. The third-order valence-corrected chi connectivity index (χ3v) is 6.33. The number of benzene rings is 3. The van der Waals surface area contributed by atoms with Gasteiger partial charge in [0.1, 0.15) is 5.82 Å². The molecular formula is C28H26Cl3N5O. The highest BCUT2D eigenvalue weighted by molar-refractivity contribution is 6.31. The van der Waals surface area contributed by atoms with Crippen molar-refractivity contribution in [1.82, 2.24) is 10.4 Å². The first-order chi connectivity index (χ1) is 18.0. The third-order valence-electron chi connectivity index (χ3n) is 5.76. The van der Waals surface area contributed by atoms with Crippen molar-refractivity contribution in [2.45, 2.75) is 6.92 Å². The van der Waals surface area contributed by atoms with E-state index in [9.17, 15) is 4.79 Å². The number of aryl methyl sites for hydroxylation is 1. The predicted octanol–water partition coefficient (Wildman–Crippen LogP) is 6.99. The molecular weight excluding hydrogens is 529 g/mol. The van der Waals surface area contributed by atoms with Crippen LogP contribution in [0, 0.1) is 6.92 Å². The van der Waals surface area contributed by atoms with E-state index in [1.807, 2.05) is 67.6 Å². The van der Waals surface area contributed by atoms with Crippen LogP contribution in [0.15, 0.2) is 77.9 Å². The normalized spacial score (nSPS) is 11.1. The van der Waals surface area contributed by atoms with Gasteiger partial charge >= 0.3 is 0 Å². The standard InChI is InChI=1S/C28H26Cl3N5O/c1-19-16-27(34-26-11-8-21(31)17-24(19)26)33-25-5-3-2-4-23(25)28(37)35-32-18-20-6-9-22(10-7-20)36(14-12-29)15-13-30/h2-11,16-18H,12-15H2,1H3,(H,33,34)(H,35,37)/b32-18+. The summed E-state index contributed by atoms with van der Waals surface area (Å²) in [5.41, 5.74) is 7.41. The molecule has 0 bridgehead atoms. The lowest BCUT2D eigenvalue weighted by Crippen LogP contribution is -2.27. The van der Waals surface area contributed by atoms with Gasteiger partial charge in [-0.25, -0.2) is 10.4 Å². The number of hydrogen-bond acceptors (Lipinski definition) is 5. The minimum atomic E-state index is -0.337. The fourth-order valence-corrected chi connectivity index (χ4v) is 4.51. The Morgan fingerprint density at radius 2 is 1.73 bits per heavy atom. The lowest BCUT2D eigenvalue weighted by atomic mass is 10.1. The van der Waals surface area contributed by atoms with Gasteiger partial charge in [-0.2, -0.15) is 5.10 Å². The maximum atomic E-state index is 12.9. The van der Waals surface area contributed by atoms with Gasteiger partial charge < -0.3 is 10.2 Å². The lowest BCUT2D eigenvalue weighted by molar-refractivity contribution is 0.0956. The van der Waals surface area contributed by atoms with Gasteiger partial charge in [-0.3, -0.25) is 4.79 Å². The zero-order valence-corrected chi connectivity index (χ0v) is 22.5. The molecule has 0 unspecified atom stereocenters. The van der Waals surface area contributed by atoms with Crippen LogP contribution in [0.3, 0.4) is 0 Å². The Kier molecular flexibility index (Phi) is 9.23. The number of amides is 1. The molecule has 190 valence electrons. The molecule has 37 heavy (non-hydrogen) atoms. The van der Waals surface area contributed by atoms with Crippen molar-refractivity contribution >= 4 is 75.0 Å². The highest BCUT2D eigenvalue weighted by Gasteiger charge is 2.12. The van der Waals surface area contributed by atoms with E-state index in [4.69, 9.17) is 34.8 Å². The monoisotopic (exact) mass is 553 g/mol. The van der Waals surface area contributed by atoms with Crippen molar-refractivity contribution < 1.29 is 4.79 Å². The number of pyridine rings is 1. The van der Waals surface area contributed by atoms with E-state index in [0.29, 0.717) is 46.9 Å². The van der Waals surface area contributed by atoms with Crippen molar-refractivity contribution in [3.63, 3.8) is 0 Å². The molecule has 0 fully saturated rings.